The molecule has 0 spiro atoms. The summed E-state index contributed by atoms with van der Waals surface area (Å²) in [5.74, 6) is 0.335. The van der Waals surface area contributed by atoms with Crippen molar-refractivity contribution in [3.63, 3.8) is 0 Å². The van der Waals surface area contributed by atoms with Crippen molar-refractivity contribution in [3.8, 4) is 0 Å². The van der Waals surface area contributed by atoms with Gasteiger partial charge in [0.05, 0.1) is 0 Å². The van der Waals surface area contributed by atoms with Gasteiger partial charge in [0.15, 0.2) is 0 Å². The minimum absolute atomic E-state index is 0.335. The normalized spacial score (nSPS) is 21.5. The van der Waals surface area contributed by atoms with Gasteiger partial charge in [-0.1, -0.05) is 12.1 Å². The molecular weight excluding hydrogens is 212 g/mol. The van der Waals surface area contributed by atoms with Crippen molar-refractivity contribution in [3.05, 3.63) is 0 Å². The summed E-state index contributed by atoms with van der Waals surface area (Å²) >= 11 is 1.96. The van der Waals surface area contributed by atoms with E-state index < -0.39 is 0 Å². The van der Waals surface area contributed by atoms with Gasteiger partial charge in [-0.05, 0) is 19.3 Å². The number of hydrogen-bond acceptors (Lipinski definition) is 4. The van der Waals surface area contributed by atoms with Gasteiger partial charge in [0.25, 0.3) is 0 Å². The highest BCUT2D eigenvalue weighted by Crippen LogP contribution is 2.29. The Labute approximate surface area is 95.2 Å². The van der Waals surface area contributed by atoms with Gasteiger partial charge in [0, 0.05) is 30.1 Å². The molecule has 0 aliphatic carbocycles. The number of nitrogens with two attached hydrogens (primary N) is 1. The third kappa shape index (κ3) is 4.75. The van der Waals surface area contributed by atoms with Gasteiger partial charge >= 0.3 is 0 Å². The van der Waals surface area contributed by atoms with E-state index in [9.17, 15) is 0 Å². The molecule has 1 heterocycles. The summed E-state index contributed by atoms with van der Waals surface area (Å²) in [4.78, 5) is 0. The molecule has 0 aromatic carbocycles. The molecule has 1 unspecified atom stereocenters. The molecule has 0 amide bonds. The molecular formula is C10H20N2O2S. The van der Waals surface area contributed by atoms with E-state index >= 15 is 0 Å². The Kier molecular flexibility index (Phi) is 5.86. The van der Waals surface area contributed by atoms with Crippen LogP contribution in [0.15, 0.2) is 5.16 Å². The molecule has 88 valence electrons. The first kappa shape index (κ1) is 12.6. The predicted molar refractivity (Wildman–Crippen MR) is 63.5 cm³/mol. The molecule has 1 fully saturated rings. The molecule has 0 aromatic heterocycles. The number of amidine groups is 1. The van der Waals surface area contributed by atoms with E-state index in [4.69, 9.17) is 15.7 Å². The second-order valence-corrected chi connectivity index (χ2v) is 5.38. The van der Waals surface area contributed by atoms with Crippen LogP contribution in [0.2, 0.25) is 0 Å². The number of hydrogen-bond donors (Lipinski definition) is 2. The molecule has 5 heteroatoms. The average molecular weight is 232 g/mol. The van der Waals surface area contributed by atoms with E-state index in [-0.39, 0.29) is 0 Å². The fourth-order valence-corrected chi connectivity index (χ4v) is 3.12. The Hall–Kier alpha value is -0.420. The first-order valence-corrected chi connectivity index (χ1v) is 6.40. The van der Waals surface area contributed by atoms with Crippen LogP contribution in [0.3, 0.4) is 0 Å². The SMILES string of the molecule is CCC(CC(N)=NO)SC1CCOCC1. The third-order valence-electron chi connectivity index (χ3n) is 2.57. The van der Waals surface area contributed by atoms with Crippen LogP contribution in [0, 0.1) is 0 Å². The molecule has 1 rings (SSSR count). The Morgan fingerprint density at radius 2 is 2.27 bits per heavy atom. The second kappa shape index (κ2) is 6.95. The lowest BCUT2D eigenvalue weighted by atomic mass is 10.2. The lowest BCUT2D eigenvalue weighted by Crippen LogP contribution is -2.23. The van der Waals surface area contributed by atoms with Crippen molar-refractivity contribution >= 4 is 17.6 Å². The number of nitrogens with zero attached hydrogens (tertiary/aromatic N) is 1. The predicted octanol–water partition coefficient (Wildman–Crippen LogP) is 1.81. The number of thioether (sulfide) groups is 1. The van der Waals surface area contributed by atoms with Crippen LogP contribution >= 0.6 is 11.8 Å². The minimum atomic E-state index is 0.335. The highest BCUT2D eigenvalue weighted by Gasteiger charge is 2.19. The summed E-state index contributed by atoms with van der Waals surface area (Å²) in [6.07, 6.45) is 3.97. The summed E-state index contributed by atoms with van der Waals surface area (Å²) in [5, 5.41) is 12.7. The maximum atomic E-state index is 8.52. The van der Waals surface area contributed by atoms with Crippen LogP contribution in [0.5, 0.6) is 0 Å². The largest absolute Gasteiger partial charge is 0.409 e. The van der Waals surface area contributed by atoms with Crippen molar-refractivity contribution < 1.29 is 9.94 Å². The second-order valence-electron chi connectivity index (χ2n) is 3.77. The van der Waals surface area contributed by atoms with Gasteiger partial charge in [0.2, 0.25) is 0 Å². The summed E-state index contributed by atoms with van der Waals surface area (Å²) in [6.45, 7) is 3.89. The van der Waals surface area contributed by atoms with Crippen LogP contribution < -0.4 is 5.73 Å². The van der Waals surface area contributed by atoms with E-state index in [0.29, 0.717) is 22.8 Å². The Morgan fingerprint density at radius 1 is 1.60 bits per heavy atom. The van der Waals surface area contributed by atoms with Gasteiger partial charge in [-0.15, -0.1) is 0 Å². The fourth-order valence-electron chi connectivity index (χ4n) is 1.65. The Morgan fingerprint density at radius 3 is 2.80 bits per heavy atom. The lowest BCUT2D eigenvalue weighted by molar-refractivity contribution is 0.0999. The zero-order valence-corrected chi connectivity index (χ0v) is 10.0. The summed E-state index contributed by atoms with van der Waals surface area (Å²) in [6, 6.07) is 0. The van der Waals surface area contributed by atoms with Crippen LogP contribution in [0.25, 0.3) is 0 Å². The fraction of sp³-hybridized carbons (Fsp3) is 0.900. The molecule has 1 atom stereocenters. The Bertz CT molecular complexity index is 206. The van der Waals surface area contributed by atoms with Gasteiger partial charge < -0.3 is 15.7 Å². The van der Waals surface area contributed by atoms with Crippen molar-refractivity contribution in [2.75, 3.05) is 13.2 Å². The zero-order chi connectivity index (χ0) is 11.1. The van der Waals surface area contributed by atoms with Gasteiger partial charge in [-0.3, -0.25) is 0 Å². The maximum Gasteiger partial charge on any atom is 0.140 e. The third-order valence-corrected chi connectivity index (χ3v) is 4.32. The highest BCUT2D eigenvalue weighted by atomic mass is 32.2. The number of rotatable bonds is 5. The highest BCUT2D eigenvalue weighted by molar-refractivity contribution is 8.00. The topological polar surface area (TPSA) is 67.8 Å². The molecule has 0 aromatic rings. The van der Waals surface area contributed by atoms with E-state index in [0.717, 1.165) is 32.5 Å². The van der Waals surface area contributed by atoms with Crippen LogP contribution in [0.4, 0.5) is 0 Å². The van der Waals surface area contributed by atoms with Crippen molar-refractivity contribution in [1.29, 1.82) is 0 Å². The molecule has 1 saturated heterocycles. The van der Waals surface area contributed by atoms with Crippen molar-refractivity contribution in [2.45, 2.75) is 43.1 Å². The quantitative estimate of drug-likeness (QED) is 0.328. The molecule has 4 nitrogen and oxygen atoms in total. The zero-order valence-electron chi connectivity index (χ0n) is 9.19. The standard InChI is InChI=1S/C10H20N2O2S/c1-2-8(7-10(11)12-13)15-9-3-5-14-6-4-9/h8-9,13H,2-7H2,1H3,(H2,11,12). The maximum absolute atomic E-state index is 8.52. The average Bonchev–Trinajstić information content (AvgIpc) is 2.29. The van der Waals surface area contributed by atoms with E-state index in [1.165, 1.54) is 0 Å². The number of ether oxygens (including phenoxy) is 1. The van der Waals surface area contributed by atoms with E-state index in [2.05, 4.69) is 12.1 Å². The lowest BCUT2D eigenvalue weighted by Gasteiger charge is -2.25. The summed E-state index contributed by atoms with van der Waals surface area (Å²) < 4.78 is 5.32. The monoisotopic (exact) mass is 232 g/mol. The van der Waals surface area contributed by atoms with E-state index in [1.54, 1.807) is 0 Å². The molecule has 0 saturated carbocycles. The first-order chi connectivity index (χ1) is 7.26. The molecule has 0 bridgehead atoms. The van der Waals surface area contributed by atoms with Gasteiger partial charge in [-0.25, -0.2) is 0 Å². The van der Waals surface area contributed by atoms with E-state index in [1.807, 2.05) is 11.8 Å². The number of oxime groups is 1. The van der Waals surface area contributed by atoms with Gasteiger partial charge in [0.1, 0.15) is 5.84 Å². The van der Waals surface area contributed by atoms with Crippen LogP contribution in [-0.2, 0) is 4.74 Å². The molecule has 1 aliphatic heterocycles. The molecule has 0 radical (unpaired) electrons. The van der Waals surface area contributed by atoms with Crippen molar-refractivity contribution in [1.82, 2.24) is 0 Å². The van der Waals surface area contributed by atoms with Gasteiger partial charge in [-0.2, -0.15) is 11.8 Å². The van der Waals surface area contributed by atoms with Crippen molar-refractivity contribution in [2.24, 2.45) is 10.9 Å². The summed E-state index contributed by atoms with van der Waals surface area (Å²) in [5.41, 5.74) is 5.52. The minimum Gasteiger partial charge on any atom is -0.409 e. The summed E-state index contributed by atoms with van der Waals surface area (Å²) in [7, 11) is 0. The van der Waals surface area contributed by atoms with Crippen LogP contribution in [0.1, 0.15) is 32.6 Å². The smallest absolute Gasteiger partial charge is 0.140 e. The first-order valence-electron chi connectivity index (χ1n) is 5.45. The Balaban J connectivity index is 2.31. The molecule has 3 N–H and O–H groups in total. The molecule has 1 aliphatic rings. The molecule has 15 heavy (non-hydrogen) atoms. The van der Waals surface area contributed by atoms with Crippen LogP contribution in [-0.4, -0.2) is 34.8 Å².